The van der Waals surface area contributed by atoms with Gasteiger partial charge in [0.25, 0.3) is 0 Å². The number of furan rings is 2. The summed E-state index contributed by atoms with van der Waals surface area (Å²) in [7, 11) is 0. The molecule has 96 valence electrons. The molecule has 0 aliphatic rings. The molecular weight excluding hydrogens is 308 g/mol. The van der Waals surface area contributed by atoms with Crippen LogP contribution in [0.25, 0.3) is 22.6 Å². The molecule has 0 fully saturated rings. The Bertz CT molecular complexity index is 683. The molecule has 1 N–H and O–H groups in total. The summed E-state index contributed by atoms with van der Waals surface area (Å²) < 4.78 is 11.8. The zero-order valence-electron chi connectivity index (χ0n) is 9.97. The fourth-order valence-electron chi connectivity index (χ4n) is 1.92. The molecule has 0 saturated heterocycles. The van der Waals surface area contributed by atoms with Crippen LogP contribution in [0.4, 0.5) is 0 Å². The van der Waals surface area contributed by atoms with Crippen LogP contribution in [0, 0.1) is 0 Å². The van der Waals surface area contributed by atoms with E-state index in [4.69, 9.17) is 13.9 Å². The summed E-state index contributed by atoms with van der Waals surface area (Å²) in [6.07, 6.45) is 1.65. The number of rotatable bonds is 3. The Morgan fingerprint density at radius 2 is 1.95 bits per heavy atom. The van der Waals surface area contributed by atoms with Crippen LogP contribution < -0.4 is 0 Å². The summed E-state index contributed by atoms with van der Waals surface area (Å²) in [4.78, 5) is 0. The zero-order valence-corrected chi connectivity index (χ0v) is 11.6. The van der Waals surface area contributed by atoms with Crippen LogP contribution in [-0.2, 0) is 6.61 Å². The van der Waals surface area contributed by atoms with E-state index in [0.29, 0.717) is 5.76 Å². The average molecular weight is 319 g/mol. The Labute approximate surface area is 118 Å². The molecule has 0 atom stereocenters. The number of aliphatic hydroxyl groups excluding tert-OH is 1. The molecule has 0 unspecified atom stereocenters. The first-order valence-corrected chi connectivity index (χ1v) is 6.60. The lowest BCUT2D eigenvalue weighted by molar-refractivity contribution is 0.248. The van der Waals surface area contributed by atoms with Gasteiger partial charge in [-0.25, -0.2) is 0 Å². The molecule has 3 nitrogen and oxygen atoms in total. The Balaban J connectivity index is 2.00. The first-order chi connectivity index (χ1) is 9.28. The molecule has 0 aliphatic carbocycles. The minimum atomic E-state index is -0.0951. The topological polar surface area (TPSA) is 46.5 Å². The fourth-order valence-corrected chi connectivity index (χ4v) is 2.49. The molecule has 3 rings (SSSR count). The molecule has 0 radical (unpaired) electrons. The maximum absolute atomic E-state index is 9.02. The third-order valence-electron chi connectivity index (χ3n) is 2.86. The van der Waals surface area contributed by atoms with Crippen molar-refractivity contribution in [2.24, 2.45) is 0 Å². The molecule has 2 heterocycles. The first-order valence-electron chi connectivity index (χ1n) is 5.81. The second kappa shape index (κ2) is 5.07. The lowest BCUT2D eigenvalue weighted by Crippen LogP contribution is -1.80. The standard InChI is InChI=1S/C15H11BrO3/c16-13-8-10(14-2-1-7-18-14)3-5-12(13)15-6-4-11(9-17)19-15/h1-8,17H,9H2. The van der Waals surface area contributed by atoms with E-state index in [9.17, 15) is 0 Å². The van der Waals surface area contributed by atoms with Gasteiger partial charge >= 0.3 is 0 Å². The van der Waals surface area contributed by atoms with Gasteiger partial charge in [-0.2, -0.15) is 0 Å². The molecule has 4 heteroatoms. The van der Waals surface area contributed by atoms with Gasteiger partial charge in [0.1, 0.15) is 23.9 Å². The second-order valence-electron chi connectivity index (χ2n) is 4.10. The van der Waals surface area contributed by atoms with E-state index in [2.05, 4.69) is 15.9 Å². The highest BCUT2D eigenvalue weighted by molar-refractivity contribution is 9.10. The second-order valence-corrected chi connectivity index (χ2v) is 4.95. The molecule has 2 aromatic heterocycles. The minimum absolute atomic E-state index is 0.0951. The molecule has 3 aromatic rings. The maximum atomic E-state index is 9.02. The van der Waals surface area contributed by atoms with E-state index in [0.717, 1.165) is 27.1 Å². The molecule has 0 amide bonds. The predicted octanol–water partition coefficient (Wildman–Crippen LogP) is 4.46. The van der Waals surface area contributed by atoms with Gasteiger partial charge in [-0.15, -0.1) is 0 Å². The molecule has 0 bridgehead atoms. The van der Waals surface area contributed by atoms with Crippen molar-refractivity contribution in [1.29, 1.82) is 0 Å². The third-order valence-corrected chi connectivity index (χ3v) is 3.51. The Morgan fingerprint density at radius 1 is 1.05 bits per heavy atom. The van der Waals surface area contributed by atoms with Gasteiger partial charge in [-0.1, -0.05) is 22.0 Å². The van der Waals surface area contributed by atoms with Crippen molar-refractivity contribution in [2.45, 2.75) is 6.61 Å². The normalized spacial score (nSPS) is 10.8. The molecule has 0 spiro atoms. The summed E-state index contributed by atoms with van der Waals surface area (Å²) in [6.45, 7) is -0.0951. The van der Waals surface area contributed by atoms with Crippen LogP contribution in [0.5, 0.6) is 0 Å². The van der Waals surface area contributed by atoms with Crippen molar-refractivity contribution in [1.82, 2.24) is 0 Å². The van der Waals surface area contributed by atoms with E-state index >= 15 is 0 Å². The van der Waals surface area contributed by atoms with Gasteiger partial charge in [-0.3, -0.25) is 0 Å². The third kappa shape index (κ3) is 2.37. The van der Waals surface area contributed by atoms with E-state index in [-0.39, 0.29) is 6.61 Å². The maximum Gasteiger partial charge on any atom is 0.135 e. The van der Waals surface area contributed by atoms with Crippen molar-refractivity contribution < 1.29 is 13.9 Å². The SMILES string of the molecule is OCc1ccc(-c2ccc(-c3ccco3)cc2Br)o1. The smallest absolute Gasteiger partial charge is 0.135 e. The van der Waals surface area contributed by atoms with Crippen LogP contribution in [0.15, 0.2) is 62.0 Å². The first kappa shape index (κ1) is 12.3. The van der Waals surface area contributed by atoms with E-state index in [1.54, 1.807) is 12.3 Å². The number of benzene rings is 1. The quantitative estimate of drug-likeness (QED) is 0.775. The summed E-state index contributed by atoms with van der Waals surface area (Å²) in [6, 6.07) is 13.3. The van der Waals surface area contributed by atoms with E-state index in [1.165, 1.54) is 0 Å². The van der Waals surface area contributed by atoms with Gasteiger partial charge in [0.2, 0.25) is 0 Å². The number of halogens is 1. The summed E-state index contributed by atoms with van der Waals surface area (Å²) in [5.74, 6) is 2.10. The largest absolute Gasteiger partial charge is 0.464 e. The van der Waals surface area contributed by atoms with Gasteiger partial charge < -0.3 is 13.9 Å². The molecule has 1 aromatic carbocycles. The molecule has 0 aliphatic heterocycles. The van der Waals surface area contributed by atoms with Crippen molar-refractivity contribution in [3.05, 3.63) is 59.0 Å². The predicted molar refractivity (Wildman–Crippen MR) is 75.5 cm³/mol. The van der Waals surface area contributed by atoms with Crippen LogP contribution in [0.2, 0.25) is 0 Å². The van der Waals surface area contributed by atoms with Crippen molar-refractivity contribution in [2.75, 3.05) is 0 Å². The van der Waals surface area contributed by atoms with Crippen molar-refractivity contribution in [3.8, 4) is 22.6 Å². The van der Waals surface area contributed by atoms with Crippen molar-refractivity contribution in [3.63, 3.8) is 0 Å². The lowest BCUT2D eigenvalue weighted by atomic mass is 10.1. The fraction of sp³-hybridized carbons (Fsp3) is 0.0667. The van der Waals surface area contributed by atoms with Crippen LogP contribution in [0.1, 0.15) is 5.76 Å². The lowest BCUT2D eigenvalue weighted by Gasteiger charge is -2.04. The monoisotopic (exact) mass is 318 g/mol. The van der Waals surface area contributed by atoms with Crippen molar-refractivity contribution >= 4 is 15.9 Å². The summed E-state index contributed by atoms with van der Waals surface area (Å²) in [5.41, 5.74) is 1.93. The van der Waals surface area contributed by atoms with E-state index in [1.807, 2.05) is 36.4 Å². The highest BCUT2D eigenvalue weighted by atomic mass is 79.9. The van der Waals surface area contributed by atoms with Crippen LogP contribution >= 0.6 is 15.9 Å². The average Bonchev–Trinajstić information content (AvgIpc) is 3.10. The van der Waals surface area contributed by atoms with Gasteiger partial charge in [0, 0.05) is 15.6 Å². The van der Waals surface area contributed by atoms with Gasteiger partial charge in [-0.05, 0) is 36.4 Å². The highest BCUT2D eigenvalue weighted by Gasteiger charge is 2.10. The molecular formula is C15H11BrO3. The molecule has 19 heavy (non-hydrogen) atoms. The Hall–Kier alpha value is -1.78. The number of aliphatic hydroxyl groups is 1. The minimum Gasteiger partial charge on any atom is -0.464 e. The summed E-state index contributed by atoms with van der Waals surface area (Å²) in [5, 5.41) is 9.02. The van der Waals surface area contributed by atoms with E-state index < -0.39 is 0 Å². The zero-order chi connectivity index (χ0) is 13.2. The number of hydrogen-bond acceptors (Lipinski definition) is 3. The Morgan fingerprint density at radius 3 is 2.58 bits per heavy atom. The van der Waals surface area contributed by atoms with Gasteiger partial charge in [0.15, 0.2) is 0 Å². The van der Waals surface area contributed by atoms with Gasteiger partial charge in [0.05, 0.1) is 6.26 Å². The van der Waals surface area contributed by atoms with Crippen LogP contribution in [0.3, 0.4) is 0 Å². The highest BCUT2D eigenvalue weighted by Crippen LogP contribution is 2.33. The van der Waals surface area contributed by atoms with Crippen LogP contribution in [-0.4, -0.2) is 5.11 Å². The summed E-state index contributed by atoms with van der Waals surface area (Å²) >= 11 is 3.54. The molecule has 0 saturated carbocycles. The Kier molecular flexibility index (Phi) is 3.27. The number of hydrogen-bond donors (Lipinski definition) is 1.